The lowest BCUT2D eigenvalue weighted by atomic mass is 10.1. The van der Waals surface area contributed by atoms with Gasteiger partial charge in [-0.15, -0.1) is 0 Å². The van der Waals surface area contributed by atoms with Gasteiger partial charge < -0.3 is 21.2 Å². The molecule has 7 nitrogen and oxygen atoms in total. The van der Waals surface area contributed by atoms with E-state index in [1.807, 2.05) is 0 Å². The molecule has 1 aliphatic rings. The molecule has 2 aromatic rings. The fraction of sp³-hybridized carbons (Fsp3) is 0.476. The van der Waals surface area contributed by atoms with Gasteiger partial charge in [0.15, 0.2) is 0 Å². The maximum absolute atomic E-state index is 7.64. The van der Waals surface area contributed by atoms with Crippen LogP contribution in [0, 0.1) is 5.41 Å². The number of anilines is 2. The SMILES string of the molecule is CCCCOc1nc(N)c(C=N)c(NCc2ccc3c(c2)CN(C(C)C)C3)n1. The molecule has 7 heteroatoms. The summed E-state index contributed by atoms with van der Waals surface area (Å²) in [5, 5.41) is 10.9. The third kappa shape index (κ3) is 4.59. The Labute approximate surface area is 166 Å². The van der Waals surface area contributed by atoms with Gasteiger partial charge in [-0.05, 0) is 37.0 Å². The number of nitrogens with two attached hydrogens (primary N) is 1. The Kier molecular flexibility index (Phi) is 6.46. The van der Waals surface area contributed by atoms with Gasteiger partial charge in [0.1, 0.15) is 11.6 Å². The molecule has 0 bridgehead atoms. The number of ether oxygens (including phenoxy) is 1. The smallest absolute Gasteiger partial charge is 0.320 e. The number of aromatic nitrogens is 2. The van der Waals surface area contributed by atoms with Crippen molar-refractivity contribution in [2.75, 3.05) is 17.7 Å². The van der Waals surface area contributed by atoms with Gasteiger partial charge in [0, 0.05) is 31.9 Å². The van der Waals surface area contributed by atoms with Crippen LogP contribution in [0.15, 0.2) is 18.2 Å². The third-order valence-electron chi connectivity index (χ3n) is 5.04. The second-order valence-electron chi connectivity index (χ2n) is 7.46. The number of benzene rings is 1. The number of fused-ring (bicyclic) bond motifs is 1. The van der Waals surface area contributed by atoms with Crippen molar-refractivity contribution in [2.45, 2.75) is 59.3 Å². The normalized spacial score (nSPS) is 13.6. The first-order chi connectivity index (χ1) is 13.5. The second-order valence-corrected chi connectivity index (χ2v) is 7.46. The summed E-state index contributed by atoms with van der Waals surface area (Å²) in [7, 11) is 0. The number of unbranched alkanes of at least 4 members (excludes halogenated alkanes) is 1. The van der Waals surface area contributed by atoms with Crippen LogP contribution in [0.4, 0.5) is 11.6 Å². The van der Waals surface area contributed by atoms with Gasteiger partial charge in [0.05, 0.1) is 12.2 Å². The lowest BCUT2D eigenvalue weighted by Crippen LogP contribution is -2.24. The molecule has 0 aliphatic carbocycles. The quantitative estimate of drug-likeness (QED) is 0.453. The van der Waals surface area contributed by atoms with E-state index in [1.54, 1.807) is 0 Å². The summed E-state index contributed by atoms with van der Waals surface area (Å²) in [5.41, 5.74) is 10.4. The van der Waals surface area contributed by atoms with Crippen LogP contribution in [0.25, 0.3) is 0 Å². The molecule has 1 aliphatic heterocycles. The van der Waals surface area contributed by atoms with E-state index in [-0.39, 0.29) is 11.8 Å². The largest absolute Gasteiger partial charge is 0.463 e. The van der Waals surface area contributed by atoms with Crippen LogP contribution < -0.4 is 15.8 Å². The number of hydrogen-bond acceptors (Lipinski definition) is 7. The Bertz CT molecular complexity index is 836. The van der Waals surface area contributed by atoms with Crippen molar-refractivity contribution >= 4 is 17.9 Å². The minimum absolute atomic E-state index is 0.250. The standard InChI is InChI=1S/C21H30N6O/c1-4-5-8-28-21-25-19(23)18(10-22)20(26-21)24-11-15-6-7-16-12-27(14(2)3)13-17(16)9-15/h6-7,9-10,14,22H,4-5,8,11-13H2,1-3H3,(H3,23,24,25,26). The molecule has 0 atom stereocenters. The number of nitrogen functional groups attached to an aromatic ring is 1. The van der Waals surface area contributed by atoms with Gasteiger partial charge in [0.25, 0.3) is 0 Å². The van der Waals surface area contributed by atoms with E-state index in [0.29, 0.717) is 30.6 Å². The monoisotopic (exact) mass is 382 g/mol. The van der Waals surface area contributed by atoms with Crippen LogP contribution in [-0.2, 0) is 19.6 Å². The molecule has 4 N–H and O–H groups in total. The van der Waals surface area contributed by atoms with Gasteiger partial charge >= 0.3 is 6.01 Å². The summed E-state index contributed by atoms with van der Waals surface area (Å²) in [4.78, 5) is 11.0. The summed E-state index contributed by atoms with van der Waals surface area (Å²) in [6, 6.07) is 7.39. The van der Waals surface area contributed by atoms with Crippen LogP contribution in [0.2, 0.25) is 0 Å². The van der Waals surface area contributed by atoms with Gasteiger partial charge in [-0.3, -0.25) is 4.90 Å². The first kappa shape index (κ1) is 20.1. The van der Waals surface area contributed by atoms with Crippen LogP contribution in [0.5, 0.6) is 6.01 Å². The first-order valence-electron chi connectivity index (χ1n) is 9.91. The van der Waals surface area contributed by atoms with E-state index in [1.165, 1.54) is 22.9 Å². The molecule has 1 aromatic carbocycles. The predicted molar refractivity (Wildman–Crippen MR) is 113 cm³/mol. The van der Waals surface area contributed by atoms with E-state index in [2.05, 4.69) is 59.2 Å². The maximum Gasteiger partial charge on any atom is 0.320 e. The first-order valence-corrected chi connectivity index (χ1v) is 9.91. The molecule has 0 unspecified atom stereocenters. The van der Waals surface area contributed by atoms with Crippen molar-refractivity contribution < 1.29 is 4.74 Å². The molecule has 1 aromatic heterocycles. The number of hydrogen-bond donors (Lipinski definition) is 3. The van der Waals surface area contributed by atoms with Gasteiger partial charge in [0.2, 0.25) is 0 Å². The summed E-state index contributed by atoms with van der Waals surface area (Å²) < 4.78 is 5.59. The summed E-state index contributed by atoms with van der Waals surface area (Å²) >= 11 is 0. The van der Waals surface area contributed by atoms with Gasteiger partial charge in [-0.25, -0.2) is 0 Å². The van der Waals surface area contributed by atoms with Crippen molar-refractivity contribution in [3.63, 3.8) is 0 Å². The van der Waals surface area contributed by atoms with Gasteiger partial charge in [-0.1, -0.05) is 31.5 Å². The average molecular weight is 383 g/mol. The van der Waals surface area contributed by atoms with E-state index >= 15 is 0 Å². The minimum Gasteiger partial charge on any atom is -0.463 e. The van der Waals surface area contributed by atoms with Crippen molar-refractivity contribution in [3.05, 3.63) is 40.5 Å². The van der Waals surface area contributed by atoms with Crippen molar-refractivity contribution in [2.24, 2.45) is 0 Å². The van der Waals surface area contributed by atoms with Crippen LogP contribution in [-0.4, -0.2) is 33.7 Å². The highest BCUT2D eigenvalue weighted by Crippen LogP contribution is 2.26. The molecule has 3 rings (SSSR count). The zero-order valence-corrected chi connectivity index (χ0v) is 17.0. The lowest BCUT2D eigenvalue weighted by Gasteiger charge is -2.18. The predicted octanol–water partition coefficient (Wildman–Crippen LogP) is 3.57. The Hall–Kier alpha value is -2.67. The fourth-order valence-corrected chi connectivity index (χ4v) is 3.25. The minimum atomic E-state index is 0.250. The summed E-state index contributed by atoms with van der Waals surface area (Å²) in [5.74, 6) is 0.777. The van der Waals surface area contributed by atoms with Crippen molar-refractivity contribution in [3.8, 4) is 6.01 Å². The van der Waals surface area contributed by atoms with E-state index in [4.69, 9.17) is 15.9 Å². The van der Waals surface area contributed by atoms with E-state index in [9.17, 15) is 0 Å². The Morgan fingerprint density at radius 1 is 1.29 bits per heavy atom. The molecule has 28 heavy (non-hydrogen) atoms. The number of nitrogens with one attached hydrogen (secondary N) is 2. The number of nitrogens with zero attached hydrogens (tertiary/aromatic N) is 3. The Morgan fingerprint density at radius 3 is 2.79 bits per heavy atom. The molecule has 0 radical (unpaired) electrons. The molecule has 0 spiro atoms. The maximum atomic E-state index is 7.64. The molecule has 0 amide bonds. The average Bonchev–Trinajstić information content (AvgIpc) is 3.10. The Morgan fingerprint density at radius 2 is 2.07 bits per heavy atom. The van der Waals surface area contributed by atoms with Crippen LogP contribution >= 0.6 is 0 Å². The molecule has 0 saturated carbocycles. The summed E-state index contributed by atoms with van der Waals surface area (Å²) in [6.07, 6.45) is 3.14. The van der Waals surface area contributed by atoms with E-state index < -0.39 is 0 Å². The molecular weight excluding hydrogens is 352 g/mol. The Balaban J connectivity index is 1.72. The topological polar surface area (TPSA) is 100 Å². The highest BCUT2D eigenvalue weighted by Gasteiger charge is 2.21. The van der Waals surface area contributed by atoms with Crippen molar-refractivity contribution in [1.82, 2.24) is 14.9 Å². The summed E-state index contributed by atoms with van der Waals surface area (Å²) in [6.45, 7) is 9.71. The van der Waals surface area contributed by atoms with Gasteiger partial charge in [-0.2, -0.15) is 9.97 Å². The highest BCUT2D eigenvalue weighted by atomic mass is 16.5. The second kappa shape index (κ2) is 9.01. The highest BCUT2D eigenvalue weighted by molar-refractivity contribution is 5.90. The third-order valence-corrected chi connectivity index (χ3v) is 5.04. The van der Waals surface area contributed by atoms with Crippen LogP contribution in [0.3, 0.4) is 0 Å². The molecule has 0 fully saturated rings. The molecule has 2 heterocycles. The number of rotatable bonds is 9. The zero-order chi connectivity index (χ0) is 20.1. The van der Waals surface area contributed by atoms with Crippen molar-refractivity contribution in [1.29, 1.82) is 5.41 Å². The zero-order valence-electron chi connectivity index (χ0n) is 17.0. The fourth-order valence-electron chi connectivity index (χ4n) is 3.25. The lowest BCUT2D eigenvalue weighted by molar-refractivity contribution is 0.227. The van der Waals surface area contributed by atoms with Crippen LogP contribution in [0.1, 0.15) is 55.9 Å². The molecule has 0 saturated heterocycles. The van der Waals surface area contributed by atoms with E-state index in [0.717, 1.165) is 25.9 Å². The molecule has 150 valence electrons. The molecular formula is C21H30N6O.